The van der Waals surface area contributed by atoms with Crippen molar-refractivity contribution in [3.63, 3.8) is 0 Å². The maximum absolute atomic E-state index is 6.43. The molecule has 3 atom stereocenters. The molecule has 0 aliphatic carbocycles. The van der Waals surface area contributed by atoms with Crippen molar-refractivity contribution in [2.24, 2.45) is 11.7 Å². The van der Waals surface area contributed by atoms with Gasteiger partial charge in [-0.2, -0.15) is 0 Å². The molecule has 1 heterocycles. The third-order valence-electron chi connectivity index (χ3n) is 4.52. The molecule has 3 unspecified atom stereocenters. The molecule has 1 rings (SSSR count). The Morgan fingerprint density at radius 2 is 1.84 bits per heavy atom. The van der Waals surface area contributed by atoms with Gasteiger partial charge < -0.3 is 15.2 Å². The van der Waals surface area contributed by atoms with Gasteiger partial charge in [-0.25, -0.2) is 0 Å². The highest BCUT2D eigenvalue weighted by atomic mass is 16.5. The molecule has 1 fully saturated rings. The largest absolute Gasteiger partial charge is 0.383 e. The summed E-state index contributed by atoms with van der Waals surface area (Å²) in [4.78, 5) is 2.43. The number of nitrogens with zero attached hydrogens (tertiary/aromatic N) is 1. The number of hydrogen-bond acceptors (Lipinski definition) is 4. The van der Waals surface area contributed by atoms with E-state index in [1.807, 2.05) is 0 Å². The van der Waals surface area contributed by atoms with Crippen LogP contribution in [-0.2, 0) is 9.47 Å². The van der Waals surface area contributed by atoms with Crippen molar-refractivity contribution >= 4 is 0 Å². The second kappa shape index (κ2) is 6.08. The van der Waals surface area contributed by atoms with E-state index in [0.717, 1.165) is 19.7 Å². The average molecular weight is 272 g/mol. The normalized spacial score (nSPS) is 30.8. The SMILES string of the molecule is CCN(CC1C(N)C(C)(C)OC1(C)C)C(C)COC. The summed E-state index contributed by atoms with van der Waals surface area (Å²) in [5.41, 5.74) is 6.00. The summed E-state index contributed by atoms with van der Waals surface area (Å²) >= 11 is 0. The van der Waals surface area contributed by atoms with E-state index in [2.05, 4.69) is 46.4 Å². The molecule has 19 heavy (non-hydrogen) atoms. The minimum atomic E-state index is -0.252. The van der Waals surface area contributed by atoms with Crippen LogP contribution in [0.15, 0.2) is 0 Å². The van der Waals surface area contributed by atoms with E-state index >= 15 is 0 Å². The molecule has 4 heteroatoms. The molecule has 0 aromatic heterocycles. The number of hydrogen-bond donors (Lipinski definition) is 1. The number of methoxy groups -OCH3 is 1. The molecule has 0 aromatic rings. The highest BCUT2D eigenvalue weighted by Gasteiger charge is 2.52. The van der Waals surface area contributed by atoms with Gasteiger partial charge in [-0.05, 0) is 41.2 Å². The second-order valence-corrected chi connectivity index (χ2v) is 6.83. The van der Waals surface area contributed by atoms with E-state index in [-0.39, 0.29) is 17.2 Å². The fraction of sp³-hybridized carbons (Fsp3) is 1.00. The van der Waals surface area contributed by atoms with Crippen LogP contribution in [0.3, 0.4) is 0 Å². The van der Waals surface area contributed by atoms with Gasteiger partial charge in [0.25, 0.3) is 0 Å². The molecule has 0 amide bonds. The van der Waals surface area contributed by atoms with Gasteiger partial charge in [0, 0.05) is 31.7 Å². The maximum atomic E-state index is 6.43. The van der Waals surface area contributed by atoms with Crippen molar-refractivity contribution in [2.75, 3.05) is 26.8 Å². The van der Waals surface area contributed by atoms with Crippen LogP contribution in [0.25, 0.3) is 0 Å². The summed E-state index contributed by atoms with van der Waals surface area (Å²) in [5.74, 6) is 0.335. The molecule has 0 radical (unpaired) electrons. The molecule has 0 saturated carbocycles. The zero-order valence-corrected chi connectivity index (χ0v) is 13.7. The van der Waals surface area contributed by atoms with Gasteiger partial charge in [-0.15, -0.1) is 0 Å². The molecule has 4 nitrogen and oxygen atoms in total. The van der Waals surface area contributed by atoms with E-state index < -0.39 is 0 Å². The van der Waals surface area contributed by atoms with Gasteiger partial charge in [0.2, 0.25) is 0 Å². The summed E-state index contributed by atoms with van der Waals surface area (Å²) in [6.07, 6.45) is 0. The molecule has 0 aromatic carbocycles. The van der Waals surface area contributed by atoms with Crippen LogP contribution in [0.2, 0.25) is 0 Å². The Balaban J connectivity index is 2.78. The molecular formula is C15H32N2O2. The van der Waals surface area contributed by atoms with E-state index in [1.165, 1.54) is 0 Å². The summed E-state index contributed by atoms with van der Waals surface area (Å²) in [7, 11) is 1.75. The zero-order valence-electron chi connectivity index (χ0n) is 13.7. The molecule has 0 spiro atoms. The molecule has 1 aliphatic rings. The topological polar surface area (TPSA) is 47.7 Å². The van der Waals surface area contributed by atoms with Crippen LogP contribution in [0.5, 0.6) is 0 Å². The third-order valence-corrected chi connectivity index (χ3v) is 4.52. The lowest BCUT2D eigenvalue weighted by molar-refractivity contribution is -0.0794. The van der Waals surface area contributed by atoms with Crippen molar-refractivity contribution < 1.29 is 9.47 Å². The van der Waals surface area contributed by atoms with Crippen molar-refractivity contribution in [3.8, 4) is 0 Å². The van der Waals surface area contributed by atoms with Crippen LogP contribution in [0.1, 0.15) is 41.5 Å². The summed E-state index contributed by atoms with van der Waals surface area (Å²) in [5, 5.41) is 0. The van der Waals surface area contributed by atoms with E-state index in [1.54, 1.807) is 7.11 Å². The predicted molar refractivity (Wildman–Crippen MR) is 79.3 cm³/mol. The van der Waals surface area contributed by atoms with Gasteiger partial charge in [0.15, 0.2) is 0 Å². The Labute approximate surface area is 118 Å². The first-order valence-electron chi connectivity index (χ1n) is 7.34. The highest BCUT2D eigenvalue weighted by Crippen LogP contribution is 2.41. The molecule has 114 valence electrons. The molecular weight excluding hydrogens is 240 g/mol. The Morgan fingerprint density at radius 3 is 2.21 bits per heavy atom. The Bertz CT molecular complexity index is 292. The maximum Gasteiger partial charge on any atom is 0.0788 e. The number of rotatable bonds is 6. The van der Waals surface area contributed by atoms with Crippen LogP contribution < -0.4 is 5.73 Å². The van der Waals surface area contributed by atoms with Crippen LogP contribution in [0.4, 0.5) is 0 Å². The molecule has 2 N–H and O–H groups in total. The van der Waals surface area contributed by atoms with Crippen LogP contribution in [0, 0.1) is 5.92 Å². The van der Waals surface area contributed by atoms with Crippen molar-refractivity contribution in [1.82, 2.24) is 4.90 Å². The zero-order chi connectivity index (χ0) is 14.8. The lowest BCUT2D eigenvalue weighted by Gasteiger charge is -2.35. The first-order chi connectivity index (χ1) is 8.65. The average Bonchev–Trinajstić information content (AvgIpc) is 2.42. The monoisotopic (exact) mass is 272 g/mol. The first-order valence-corrected chi connectivity index (χ1v) is 7.34. The van der Waals surface area contributed by atoms with Crippen molar-refractivity contribution in [3.05, 3.63) is 0 Å². The van der Waals surface area contributed by atoms with Gasteiger partial charge in [-0.1, -0.05) is 6.92 Å². The van der Waals surface area contributed by atoms with Gasteiger partial charge in [-0.3, -0.25) is 4.90 Å². The van der Waals surface area contributed by atoms with Crippen molar-refractivity contribution in [2.45, 2.75) is 64.8 Å². The number of likely N-dealkylation sites (N-methyl/N-ethyl adjacent to an activating group) is 1. The molecule has 1 saturated heterocycles. The van der Waals surface area contributed by atoms with Crippen LogP contribution >= 0.6 is 0 Å². The minimum absolute atomic E-state index is 0.0614. The standard InChI is InChI=1S/C15H32N2O2/c1-8-17(11(2)10-18-7)9-12-13(16)15(5,6)19-14(12,3)4/h11-13H,8-10,16H2,1-7H3. The van der Waals surface area contributed by atoms with Gasteiger partial charge in [0.1, 0.15) is 0 Å². The first kappa shape index (κ1) is 16.9. The summed E-state index contributed by atoms with van der Waals surface area (Å²) < 4.78 is 11.4. The predicted octanol–water partition coefficient (Wildman–Crippen LogP) is 1.87. The highest BCUT2D eigenvalue weighted by molar-refractivity contribution is 5.04. The van der Waals surface area contributed by atoms with Gasteiger partial charge in [0.05, 0.1) is 17.8 Å². The van der Waals surface area contributed by atoms with Crippen molar-refractivity contribution in [1.29, 1.82) is 0 Å². The smallest absolute Gasteiger partial charge is 0.0788 e. The van der Waals surface area contributed by atoms with Gasteiger partial charge >= 0.3 is 0 Å². The van der Waals surface area contributed by atoms with E-state index in [4.69, 9.17) is 15.2 Å². The quantitative estimate of drug-likeness (QED) is 0.802. The summed E-state index contributed by atoms with van der Waals surface area (Å²) in [6, 6.07) is 0.466. The lowest BCUT2D eigenvalue weighted by atomic mass is 9.82. The number of nitrogens with two attached hydrogens (primary N) is 1. The Hall–Kier alpha value is -0.160. The molecule has 0 bridgehead atoms. The Kier molecular flexibility index (Phi) is 5.41. The van der Waals surface area contributed by atoms with E-state index in [9.17, 15) is 0 Å². The fourth-order valence-corrected chi connectivity index (χ4v) is 3.29. The molecule has 1 aliphatic heterocycles. The third kappa shape index (κ3) is 3.69. The summed E-state index contributed by atoms with van der Waals surface area (Å²) in [6.45, 7) is 15.6. The number of ether oxygens (including phenoxy) is 2. The van der Waals surface area contributed by atoms with Crippen LogP contribution in [-0.4, -0.2) is 55.0 Å². The lowest BCUT2D eigenvalue weighted by Crippen LogP contribution is -2.50. The fourth-order valence-electron chi connectivity index (χ4n) is 3.29. The minimum Gasteiger partial charge on any atom is -0.383 e. The second-order valence-electron chi connectivity index (χ2n) is 6.83. The Morgan fingerprint density at radius 1 is 1.26 bits per heavy atom. The van der Waals surface area contributed by atoms with E-state index in [0.29, 0.717) is 12.0 Å².